The lowest BCUT2D eigenvalue weighted by Crippen LogP contribution is -2.39. The van der Waals surface area contributed by atoms with Crippen molar-refractivity contribution < 1.29 is 4.79 Å². The molecule has 1 amide bonds. The topological polar surface area (TPSA) is 75.4 Å². The second kappa shape index (κ2) is 10.7. The van der Waals surface area contributed by atoms with Crippen LogP contribution in [-0.4, -0.2) is 73.8 Å². The summed E-state index contributed by atoms with van der Waals surface area (Å²) in [6.45, 7) is 9.99. The van der Waals surface area contributed by atoms with Crippen LogP contribution in [0.3, 0.4) is 0 Å². The molecule has 4 rings (SSSR count). The second-order valence-corrected chi connectivity index (χ2v) is 10.3. The minimum absolute atomic E-state index is 0.0150. The van der Waals surface area contributed by atoms with Crippen molar-refractivity contribution in [3.05, 3.63) is 52.3 Å². The van der Waals surface area contributed by atoms with E-state index < -0.39 is 0 Å². The highest BCUT2D eigenvalue weighted by Crippen LogP contribution is 2.21. The number of benzene rings is 1. The standard InChI is InChI=1S/C23H30N6OS2/c1-16-4-6-19(7-5-16)14-20-17(2)25-22-26-23(27-29(22)18(20)3)32-15-21(30)24-8-9-28-10-12-31-13-11-28/h4-7H,8-15H2,1-3H3,(H,24,30). The lowest BCUT2D eigenvalue weighted by molar-refractivity contribution is -0.118. The van der Waals surface area contributed by atoms with E-state index in [0.717, 1.165) is 43.0 Å². The molecule has 2 aromatic heterocycles. The Morgan fingerprint density at radius 3 is 2.62 bits per heavy atom. The van der Waals surface area contributed by atoms with Gasteiger partial charge in [-0.3, -0.25) is 9.69 Å². The predicted molar refractivity (Wildman–Crippen MR) is 132 cm³/mol. The van der Waals surface area contributed by atoms with Gasteiger partial charge < -0.3 is 5.32 Å². The van der Waals surface area contributed by atoms with E-state index in [0.29, 0.717) is 23.2 Å². The third kappa shape index (κ3) is 5.82. The van der Waals surface area contributed by atoms with E-state index in [1.807, 2.05) is 18.7 Å². The van der Waals surface area contributed by atoms with Crippen LogP contribution in [0.5, 0.6) is 0 Å². The van der Waals surface area contributed by atoms with Crippen molar-refractivity contribution in [2.45, 2.75) is 32.3 Å². The molecule has 1 saturated heterocycles. The Bertz CT molecular complexity index is 1080. The Kier molecular flexibility index (Phi) is 7.70. The SMILES string of the molecule is Cc1ccc(Cc2c(C)nc3nc(SCC(=O)NCCN4CCSCC4)nn3c2C)cc1. The fourth-order valence-electron chi connectivity index (χ4n) is 3.78. The Labute approximate surface area is 197 Å². The van der Waals surface area contributed by atoms with Crippen molar-refractivity contribution in [3.8, 4) is 0 Å². The molecule has 3 heterocycles. The molecule has 0 bridgehead atoms. The summed E-state index contributed by atoms with van der Waals surface area (Å²) in [6, 6.07) is 8.58. The number of hydrogen-bond acceptors (Lipinski definition) is 7. The van der Waals surface area contributed by atoms with Crippen molar-refractivity contribution in [1.82, 2.24) is 29.8 Å². The van der Waals surface area contributed by atoms with E-state index in [-0.39, 0.29) is 5.91 Å². The molecular weight excluding hydrogens is 440 g/mol. The van der Waals surface area contributed by atoms with Gasteiger partial charge in [0, 0.05) is 55.5 Å². The maximum Gasteiger partial charge on any atom is 0.253 e. The average Bonchev–Trinajstić information content (AvgIpc) is 3.20. The molecule has 1 N–H and O–H groups in total. The van der Waals surface area contributed by atoms with Crippen LogP contribution in [0.25, 0.3) is 5.78 Å². The van der Waals surface area contributed by atoms with Gasteiger partial charge in [-0.05, 0) is 31.9 Å². The maximum absolute atomic E-state index is 12.2. The number of amides is 1. The maximum atomic E-state index is 12.2. The first-order chi connectivity index (χ1) is 15.5. The van der Waals surface area contributed by atoms with E-state index >= 15 is 0 Å². The minimum atomic E-state index is 0.0150. The highest BCUT2D eigenvalue weighted by molar-refractivity contribution is 7.99. The molecule has 1 fully saturated rings. The second-order valence-electron chi connectivity index (χ2n) is 8.12. The van der Waals surface area contributed by atoms with E-state index in [9.17, 15) is 4.79 Å². The molecule has 0 radical (unpaired) electrons. The Morgan fingerprint density at radius 1 is 1.12 bits per heavy atom. The van der Waals surface area contributed by atoms with Crippen LogP contribution in [0.1, 0.15) is 28.1 Å². The molecule has 1 aliphatic rings. The third-order valence-electron chi connectivity index (χ3n) is 5.72. The number of aryl methyl sites for hydroxylation is 3. The number of carbonyl (C=O) groups excluding carboxylic acids is 1. The van der Waals surface area contributed by atoms with E-state index in [4.69, 9.17) is 0 Å². The number of fused-ring (bicyclic) bond motifs is 1. The van der Waals surface area contributed by atoms with Crippen LogP contribution < -0.4 is 5.32 Å². The van der Waals surface area contributed by atoms with Gasteiger partial charge in [-0.2, -0.15) is 16.7 Å². The van der Waals surface area contributed by atoms with Crippen molar-refractivity contribution in [2.75, 3.05) is 43.4 Å². The number of carbonyl (C=O) groups is 1. The highest BCUT2D eigenvalue weighted by Gasteiger charge is 2.15. The molecule has 32 heavy (non-hydrogen) atoms. The first-order valence-electron chi connectivity index (χ1n) is 11.0. The summed E-state index contributed by atoms with van der Waals surface area (Å²) in [7, 11) is 0. The van der Waals surface area contributed by atoms with Crippen molar-refractivity contribution in [1.29, 1.82) is 0 Å². The fraction of sp³-hybridized carbons (Fsp3) is 0.478. The first-order valence-corrected chi connectivity index (χ1v) is 13.1. The monoisotopic (exact) mass is 470 g/mol. The third-order valence-corrected chi connectivity index (χ3v) is 7.50. The van der Waals surface area contributed by atoms with Crippen molar-refractivity contribution >= 4 is 35.2 Å². The Balaban J connectivity index is 1.36. The molecule has 170 valence electrons. The summed E-state index contributed by atoms with van der Waals surface area (Å²) in [5.41, 5.74) is 5.67. The largest absolute Gasteiger partial charge is 0.354 e. The Morgan fingerprint density at radius 2 is 1.88 bits per heavy atom. The number of nitrogens with one attached hydrogen (secondary N) is 1. The molecular formula is C23H30N6OS2. The molecule has 1 aliphatic heterocycles. The van der Waals surface area contributed by atoms with Gasteiger partial charge in [0.15, 0.2) is 0 Å². The Hall–Kier alpha value is -2.10. The van der Waals surface area contributed by atoms with Gasteiger partial charge >= 0.3 is 0 Å². The summed E-state index contributed by atoms with van der Waals surface area (Å²) in [4.78, 5) is 23.8. The molecule has 7 nitrogen and oxygen atoms in total. The van der Waals surface area contributed by atoms with Crippen LogP contribution in [0, 0.1) is 20.8 Å². The lowest BCUT2D eigenvalue weighted by atomic mass is 10.0. The number of rotatable bonds is 8. The van der Waals surface area contributed by atoms with Crippen LogP contribution >= 0.6 is 23.5 Å². The van der Waals surface area contributed by atoms with Crippen LogP contribution in [0.4, 0.5) is 0 Å². The van der Waals surface area contributed by atoms with Gasteiger partial charge in [0.1, 0.15) is 0 Å². The molecule has 0 aliphatic carbocycles. The summed E-state index contributed by atoms with van der Waals surface area (Å²) in [5.74, 6) is 3.27. The van der Waals surface area contributed by atoms with Crippen molar-refractivity contribution in [3.63, 3.8) is 0 Å². The van der Waals surface area contributed by atoms with E-state index in [2.05, 4.69) is 63.4 Å². The summed E-state index contributed by atoms with van der Waals surface area (Å²) >= 11 is 3.35. The van der Waals surface area contributed by atoms with Gasteiger partial charge in [0.05, 0.1) is 5.75 Å². The van der Waals surface area contributed by atoms with Crippen molar-refractivity contribution in [2.24, 2.45) is 0 Å². The van der Waals surface area contributed by atoms with Crippen LogP contribution in [-0.2, 0) is 11.2 Å². The van der Waals surface area contributed by atoms with Gasteiger partial charge in [0.25, 0.3) is 5.78 Å². The summed E-state index contributed by atoms with van der Waals surface area (Å²) in [6.07, 6.45) is 0.807. The minimum Gasteiger partial charge on any atom is -0.354 e. The zero-order valence-electron chi connectivity index (χ0n) is 18.9. The van der Waals surface area contributed by atoms with Gasteiger partial charge in [-0.1, -0.05) is 41.6 Å². The molecule has 0 atom stereocenters. The smallest absolute Gasteiger partial charge is 0.253 e. The van der Waals surface area contributed by atoms with Gasteiger partial charge in [-0.15, -0.1) is 5.10 Å². The number of thioether (sulfide) groups is 2. The molecule has 3 aromatic rings. The quantitative estimate of drug-likeness (QED) is 0.507. The normalized spacial score (nSPS) is 14.7. The molecule has 0 saturated carbocycles. The average molecular weight is 471 g/mol. The zero-order valence-corrected chi connectivity index (χ0v) is 20.6. The van der Waals surface area contributed by atoms with Crippen LogP contribution in [0.2, 0.25) is 0 Å². The number of aromatic nitrogens is 4. The molecule has 0 unspecified atom stereocenters. The molecule has 0 spiro atoms. The van der Waals surface area contributed by atoms with Crippen LogP contribution in [0.15, 0.2) is 29.4 Å². The summed E-state index contributed by atoms with van der Waals surface area (Å²) < 4.78 is 1.80. The summed E-state index contributed by atoms with van der Waals surface area (Å²) in [5, 5.41) is 8.20. The number of nitrogens with zero attached hydrogens (tertiary/aromatic N) is 5. The van der Waals surface area contributed by atoms with Gasteiger partial charge in [-0.25, -0.2) is 9.50 Å². The fourth-order valence-corrected chi connectivity index (χ4v) is 5.40. The zero-order chi connectivity index (χ0) is 22.5. The molecule has 9 heteroatoms. The predicted octanol–water partition coefficient (Wildman–Crippen LogP) is 2.90. The molecule has 1 aromatic carbocycles. The van der Waals surface area contributed by atoms with E-state index in [1.165, 1.54) is 34.4 Å². The number of hydrogen-bond donors (Lipinski definition) is 1. The first kappa shape index (κ1) is 23.1. The lowest BCUT2D eigenvalue weighted by Gasteiger charge is -2.25. The highest BCUT2D eigenvalue weighted by atomic mass is 32.2. The van der Waals surface area contributed by atoms with E-state index in [1.54, 1.807) is 4.52 Å². The van der Waals surface area contributed by atoms with Gasteiger partial charge in [0.2, 0.25) is 11.1 Å².